The molecule has 1 aliphatic heterocycles. The summed E-state index contributed by atoms with van der Waals surface area (Å²) in [7, 11) is -2.58. The van der Waals surface area contributed by atoms with Crippen molar-refractivity contribution in [2.24, 2.45) is 0 Å². The van der Waals surface area contributed by atoms with Gasteiger partial charge in [0.1, 0.15) is 22.1 Å². The molecule has 30 heavy (non-hydrogen) atoms. The zero-order chi connectivity index (χ0) is 21.3. The van der Waals surface area contributed by atoms with E-state index in [1.807, 2.05) is 0 Å². The summed E-state index contributed by atoms with van der Waals surface area (Å²) in [5.74, 6) is 0.524. The molecule has 0 fully saturated rings. The molecule has 0 atom stereocenters. The number of ketones is 1. The van der Waals surface area contributed by atoms with Crippen LogP contribution in [-0.2, 0) is 10.1 Å². The summed E-state index contributed by atoms with van der Waals surface area (Å²) in [6, 6.07) is 17.1. The lowest BCUT2D eigenvalue weighted by Gasteiger charge is -2.08. The number of Topliss-reactive ketones (excluding diaryl/α,β-unsaturated/α-hetero) is 1. The van der Waals surface area contributed by atoms with Gasteiger partial charge in [-0.3, -0.25) is 4.79 Å². The Kier molecular flexibility index (Phi) is 5.24. The number of hydrogen-bond acceptors (Lipinski definition) is 6. The molecule has 0 aromatic heterocycles. The van der Waals surface area contributed by atoms with E-state index in [-0.39, 0.29) is 27.9 Å². The molecule has 6 nitrogen and oxygen atoms in total. The number of ether oxygens (including phenoxy) is 2. The molecule has 1 heterocycles. The van der Waals surface area contributed by atoms with Crippen LogP contribution in [0, 0.1) is 0 Å². The highest BCUT2D eigenvalue weighted by molar-refractivity contribution is 7.87. The zero-order valence-electron chi connectivity index (χ0n) is 15.7. The van der Waals surface area contributed by atoms with Gasteiger partial charge in [-0.15, -0.1) is 0 Å². The summed E-state index contributed by atoms with van der Waals surface area (Å²) in [6.07, 6.45) is 1.54. The van der Waals surface area contributed by atoms with Gasteiger partial charge in [0.15, 0.2) is 5.76 Å². The lowest BCUT2D eigenvalue weighted by Crippen LogP contribution is -2.09. The second-order valence-electron chi connectivity index (χ2n) is 6.33. The topological polar surface area (TPSA) is 78.9 Å². The molecule has 0 aliphatic carbocycles. The van der Waals surface area contributed by atoms with E-state index in [0.717, 1.165) is 0 Å². The van der Waals surface area contributed by atoms with Gasteiger partial charge in [-0.1, -0.05) is 29.8 Å². The number of methoxy groups -OCH3 is 1. The average Bonchev–Trinajstić information content (AvgIpc) is 3.04. The molecule has 0 unspecified atom stereocenters. The smallest absolute Gasteiger partial charge is 0.339 e. The van der Waals surface area contributed by atoms with Crippen molar-refractivity contribution in [1.82, 2.24) is 0 Å². The predicted octanol–water partition coefficient (Wildman–Crippen LogP) is 4.73. The van der Waals surface area contributed by atoms with Gasteiger partial charge in [0.05, 0.1) is 12.7 Å². The number of carbonyl (C=O) groups excluding carboxylic acids is 1. The lowest BCUT2D eigenvalue weighted by molar-refractivity contribution is 0.101. The maximum atomic E-state index is 12.6. The van der Waals surface area contributed by atoms with Crippen molar-refractivity contribution in [2.45, 2.75) is 4.90 Å². The highest BCUT2D eigenvalue weighted by Crippen LogP contribution is 2.36. The molecule has 0 saturated carbocycles. The second-order valence-corrected chi connectivity index (χ2v) is 8.29. The number of carbonyl (C=O) groups is 1. The first kappa shape index (κ1) is 20.0. The molecule has 0 N–H and O–H groups in total. The Balaban J connectivity index is 1.59. The predicted molar refractivity (Wildman–Crippen MR) is 112 cm³/mol. The fourth-order valence-corrected chi connectivity index (χ4v) is 3.98. The van der Waals surface area contributed by atoms with Crippen molar-refractivity contribution in [3.8, 4) is 17.2 Å². The van der Waals surface area contributed by atoms with Crippen LogP contribution in [-0.4, -0.2) is 21.3 Å². The summed E-state index contributed by atoms with van der Waals surface area (Å²) in [4.78, 5) is 12.6. The summed E-state index contributed by atoms with van der Waals surface area (Å²) in [5.41, 5.74) is 0.941. The summed E-state index contributed by atoms with van der Waals surface area (Å²) < 4.78 is 40.9. The van der Waals surface area contributed by atoms with Gasteiger partial charge in [-0.2, -0.15) is 8.42 Å². The standard InChI is InChI=1S/C22H15ClO6S/c1-27-15-6-9-17(10-7-15)30(25,26)29-16-8-11-18-20(13-16)28-21(22(18)24)12-14-4-2-3-5-19(14)23/h2-13H,1H3/b21-12-. The van der Waals surface area contributed by atoms with Crippen LogP contribution in [0.2, 0.25) is 5.02 Å². The van der Waals surface area contributed by atoms with E-state index in [2.05, 4.69) is 0 Å². The van der Waals surface area contributed by atoms with Gasteiger partial charge in [0.2, 0.25) is 5.78 Å². The molecular formula is C22H15ClO6S. The fraction of sp³-hybridized carbons (Fsp3) is 0.0455. The molecule has 0 bridgehead atoms. The van der Waals surface area contributed by atoms with Crippen molar-refractivity contribution in [3.63, 3.8) is 0 Å². The maximum Gasteiger partial charge on any atom is 0.339 e. The van der Waals surface area contributed by atoms with Crippen LogP contribution in [0.4, 0.5) is 0 Å². The van der Waals surface area contributed by atoms with Crippen LogP contribution in [0.5, 0.6) is 17.2 Å². The van der Waals surface area contributed by atoms with Crippen LogP contribution in [0.3, 0.4) is 0 Å². The van der Waals surface area contributed by atoms with Crippen molar-refractivity contribution >= 4 is 33.6 Å². The molecule has 3 aromatic carbocycles. The van der Waals surface area contributed by atoms with Crippen LogP contribution < -0.4 is 13.7 Å². The number of fused-ring (bicyclic) bond motifs is 1. The average molecular weight is 443 g/mol. The van der Waals surface area contributed by atoms with E-state index in [9.17, 15) is 13.2 Å². The minimum Gasteiger partial charge on any atom is -0.497 e. The van der Waals surface area contributed by atoms with E-state index in [4.69, 9.17) is 25.3 Å². The second kappa shape index (κ2) is 7.85. The first-order valence-corrected chi connectivity index (χ1v) is 10.6. The molecule has 3 aromatic rings. The zero-order valence-corrected chi connectivity index (χ0v) is 17.2. The maximum absolute atomic E-state index is 12.6. The van der Waals surface area contributed by atoms with Crippen molar-refractivity contribution in [3.05, 3.63) is 88.6 Å². The lowest BCUT2D eigenvalue weighted by atomic mass is 10.1. The third-order valence-electron chi connectivity index (χ3n) is 4.39. The number of rotatable bonds is 5. The molecule has 0 amide bonds. The van der Waals surface area contributed by atoms with Crippen LogP contribution in [0.1, 0.15) is 15.9 Å². The van der Waals surface area contributed by atoms with Crippen molar-refractivity contribution in [1.29, 1.82) is 0 Å². The first-order valence-electron chi connectivity index (χ1n) is 8.79. The van der Waals surface area contributed by atoms with Crippen LogP contribution >= 0.6 is 11.6 Å². The van der Waals surface area contributed by atoms with Crippen LogP contribution in [0.15, 0.2) is 77.4 Å². The van der Waals surface area contributed by atoms with E-state index in [1.54, 1.807) is 30.3 Å². The van der Waals surface area contributed by atoms with Crippen molar-refractivity contribution in [2.75, 3.05) is 7.11 Å². The highest BCUT2D eigenvalue weighted by atomic mass is 35.5. The molecule has 0 saturated heterocycles. The monoisotopic (exact) mass is 442 g/mol. The summed E-state index contributed by atoms with van der Waals surface area (Å²) >= 11 is 6.13. The highest BCUT2D eigenvalue weighted by Gasteiger charge is 2.29. The minimum absolute atomic E-state index is 0.0244. The summed E-state index contributed by atoms with van der Waals surface area (Å²) in [5, 5.41) is 0.479. The molecule has 8 heteroatoms. The van der Waals surface area contributed by atoms with Crippen LogP contribution in [0.25, 0.3) is 6.08 Å². The molecular weight excluding hydrogens is 428 g/mol. The summed E-state index contributed by atoms with van der Waals surface area (Å²) in [6.45, 7) is 0. The van der Waals surface area contributed by atoms with Gasteiger partial charge in [-0.05, 0) is 54.1 Å². The Morgan fingerprint density at radius 1 is 0.967 bits per heavy atom. The fourth-order valence-electron chi connectivity index (χ4n) is 2.87. The first-order chi connectivity index (χ1) is 14.4. The molecule has 152 valence electrons. The Hall–Kier alpha value is -3.29. The van der Waals surface area contributed by atoms with Gasteiger partial charge in [0.25, 0.3) is 0 Å². The van der Waals surface area contributed by atoms with E-state index >= 15 is 0 Å². The van der Waals surface area contributed by atoms with E-state index in [1.165, 1.54) is 49.6 Å². The number of benzene rings is 3. The SMILES string of the molecule is COc1ccc(S(=O)(=O)Oc2ccc3c(c2)O/C(=C\c2ccccc2Cl)C3=O)cc1. The molecule has 1 aliphatic rings. The van der Waals surface area contributed by atoms with E-state index < -0.39 is 10.1 Å². The molecule has 0 spiro atoms. The van der Waals surface area contributed by atoms with E-state index in [0.29, 0.717) is 21.9 Å². The number of halogens is 1. The third kappa shape index (κ3) is 3.90. The Morgan fingerprint density at radius 2 is 1.67 bits per heavy atom. The van der Waals surface area contributed by atoms with Gasteiger partial charge < -0.3 is 13.7 Å². The Bertz CT molecular complexity index is 1260. The molecule has 4 rings (SSSR count). The quantitative estimate of drug-likeness (QED) is 0.419. The normalized spacial score (nSPS) is 14.3. The van der Waals surface area contributed by atoms with Crippen molar-refractivity contribution < 1.29 is 26.9 Å². The van der Waals surface area contributed by atoms with Gasteiger partial charge >= 0.3 is 10.1 Å². The Morgan fingerprint density at radius 3 is 2.37 bits per heavy atom. The third-order valence-corrected chi connectivity index (χ3v) is 5.99. The van der Waals surface area contributed by atoms with Gasteiger partial charge in [-0.25, -0.2) is 0 Å². The van der Waals surface area contributed by atoms with Gasteiger partial charge in [0, 0.05) is 11.1 Å². The Labute approximate surface area is 178 Å². The number of hydrogen-bond donors (Lipinski definition) is 0. The largest absolute Gasteiger partial charge is 0.497 e. The number of allylic oxidation sites excluding steroid dienone is 1. The molecule has 0 radical (unpaired) electrons. The minimum atomic E-state index is -4.07.